The highest BCUT2D eigenvalue weighted by atomic mass is 14.9. The summed E-state index contributed by atoms with van der Waals surface area (Å²) in [5.74, 6) is 0.853. The van der Waals surface area contributed by atoms with E-state index in [1.54, 1.807) is 0 Å². The number of rotatable bonds is 3. The second-order valence-electron chi connectivity index (χ2n) is 5.44. The maximum atomic E-state index is 9.15. The first-order valence-electron chi connectivity index (χ1n) is 7.00. The molecule has 2 rings (SSSR count). The first-order chi connectivity index (χ1) is 8.72. The van der Waals surface area contributed by atoms with Crippen molar-refractivity contribution in [1.82, 2.24) is 0 Å². The van der Waals surface area contributed by atoms with Crippen LogP contribution in [0, 0.1) is 24.2 Å². The van der Waals surface area contributed by atoms with E-state index in [4.69, 9.17) is 5.26 Å². The van der Waals surface area contributed by atoms with Crippen LogP contribution < -0.4 is 5.32 Å². The molecule has 0 bridgehead atoms. The molecule has 1 aromatic carbocycles. The van der Waals surface area contributed by atoms with E-state index in [0.717, 1.165) is 17.2 Å². The van der Waals surface area contributed by atoms with Crippen molar-refractivity contribution in [3.05, 3.63) is 29.3 Å². The van der Waals surface area contributed by atoms with Gasteiger partial charge in [0, 0.05) is 6.04 Å². The minimum Gasteiger partial charge on any atom is -0.381 e. The Morgan fingerprint density at radius 3 is 2.94 bits per heavy atom. The van der Waals surface area contributed by atoms with E-state index in [-0.39, 0.29) is 0 Å². The van der Waals surface area contributed by atoms with E-state index >= 15 is 0 Å². The molecule has 0 saturated heterocycles. The predicted octanol–water partition coefficient (Wildman–Crippen LogP) is 4.25. The van der Waals surface area contributed by atoms with Crippen LogP contribution in [0.4, 0.5) is 5.69 Å². The summed E-state index contributed by atoms with van der Waals surface area (Å²) in [6.07, 6.45) is 6.43. The van der Waals surface area contributed by atoms with Crippen molar-refractivity contribution >= 4 is 5.69 Å². The molecule has 96 valence electrons. The van der Waals surface area contributed by atoms with Gasteiger partial charge in [0.1, 0.15) is 6.07 Å². The minimum atomic E-state index is 0.539. The molecule has 0 amide bonds. The summed E-state index contributed by atoms with van der Waals surface area (Å²) in [6, 6.07) is 8.82. The fourth-order valence-corrected chi connectivity index (χ4v) is 2.89. The van der Waals surface area contributed by atoms with Crippen LogP contribution in [-0.2, 0) is 0 Å². The van der Waals surface area contributed by atoms with Gasteiger partial charge in [-0.2, -0.15) is 5.26 Å². The number of benzene rings is 1. The highest BCUT2D eigenvalue weighted by molar-refractivity contribution is 5.59. The summed E-state index contributed by atoms with van der Waals surface area (Å²) in [4.78, 5) is 0. The standard InChI is InChI=1S/C16H22N2/c1-3-13-5-4-6-15(10-13)18-16-9-12(2)7-8-14(16)11-17/h7-9,13,15,18H,3-6,10H2,1-2H3. The van der Waals surface area contributed by atoms with Gasteiger partial charge < -0.3 is 5.32 Å². The molecule has 2 atom stereocenters. The smallest absolute Gasteiger partial charge is 0.101 e. The van der Waals surface area contributed by atoms with Crippen molar-refractivity contribution in [3.8, 4) is 6.07 Å². The summed E-state index contributed by atoms with van der Waals surface area (Å²) < 4.78 is 0. The Hall–Kier alpha value is -1.49. The summed E-state index contributed by atoms with van der Waals surface area (Å²) in [6.45, 7) is 4.35. The fourth-order valence-electron chi connectivity index (χ4n) is 2.89. The average Bonchev–Trinajstić information content (AvgIpc) is 2.39. The molecule has 1 aliphatic rings. The van der Waals surface area contributed by atoms with Crippen molar-refractivity contribution in [2.24, 2.45) is 5.92 Å². The number of hydrogen-bond acceptors (Lipinski definition) is 2. The first-order valence-corrected chi connectivity index (χ1v) is 7.00. The summed E-state index contributed by atoms with van der Waals surface area (Å²) in [5, 5.41) is 12.7. The molecule has 1 fully saturated rings. The molecule has 0 aliphatic heterocycles. The Kier molecular flexibility index (Phi) is 4.25. The lowest BCUT2D eigenvalue weighted by atomic mass is 9.84. The number of anilines is 1. The minimum absolute atomic E-state index is 0.539. The van der Waals surface area contributed by atoms with Crippen LogP contribution in [-0.4, -0.2) is 6.04 Å². The van der Waals surface area contributed by atoms with Crippen LogP contribution in [0.2, 0.25) is 0 Å². The van der Waals surface area contributed by atoms with Gasteiger partial charge in [0.25, 0.3) is 0 Å². The van der Waals surface area contributed by atoms with Gasteiger partial charge in [-0.05, 0) is 43.4 Å². The SMILES string of the molecule is CCC1CCCC(Nc2cc(C)ccc2C#N)C1. The Morgan fingerprint density at radius 1 is 1.39 bits per heavy atom. The molecular weight excluding hydrogens is 220 g/mol. The van der Waals surface area contributed by atoms with Gasteiger partial charge in [0.05, 0.1) is 11.3 Å². The van der Waals surface area contributed by atoms with Gasteiger partial charge in [-0.15, -0.1) is 0 Å². The van der Waals surface area contributed by atoms with Crippen molar-refractivity contribution < 1.29 is 0 Å². The van der Waals surface area contributed by atoms with Crippen LogP contribution in [0.5, 0.6) is 0 Å². The van der Waals surface area contributed by atoms with Crippen molar-refractivity contribution in [2.45, 2.75) is 52.0 Å². The average molecular weight is 242 g/mol. The van der Waals surface area contributed by atoms with Crippen molar-refractivity contribution in [3.63, 3.8) is 0 Å². The van der Waals surface area contributed by atoms with Crippen molar-refractivity contribution in [2.75, 3.05) is 5.32 Å². The molecule has 0 heterocycles. The number of hydrogen-bond donors (Lipinski definition) is 1. The molecule has 1 aliphatic carbocycles. The number of nitrogens with zero attached hydrogens (tertiary/aromatic N) is 1. The Bertz CT molecular complexity index is 445. The van der Waals surface area contributed by atoms with Gasteiger partial charge in [0.15, 0.2) is 0 Å². The summed E-state index contributed by atoms with van der Waals surface area (Å²) in [5.41, 5.74) is 2.98. The van der Waals surface area contributed by atoms with Gasteiger partial charge in [-0.25, -0.2) is 0 Å². The molecule has 0 radical (unpaired) electrons. The second-order valence-corrected chi connectivity index (χ2v) is 5.44. The second kappa shape index (κ2) is 5.91. The van der Waals surface area contributed by atoms with E-state index < -0.39 is 0 Å². The largest absolute Gasteiger partial charge is 0.381 e. The lowest BCUT2D eigenvalue weighted by Gasteiger charge is -2.30. The normalized spacial score (nSPS) is 23.4. The number of nitriles is 1. The van der Waals surface area contributed by atoms with Crippen LogP contribution in [0.3, 0.4) is 0 Å². The molecule has 1 saturated carbocycles. The van der Waals surface area contributed by atoms with Crippen LogP contribution >= 0.6 is 0 Å². The molecule has 1 N–H and O–H groups in total. The molecule has 1 aromatic rings. The lowest BCUT2D eigenvalue weighted by Crippen LogP contribution is -2.27. The summed E-state index contributed by atoms with van der Waals surface area (Å²) >= 11 is 0. The van der Waals surface area contributed by atoms with Crippen molar-refractivity contribution in [1.29, 1.82) is 5.26 Å². The van der Waals surface area contributed by atoms with E-state index in [1.165, 1.54) is 37.7 Å². The third kappa shape index (κ3) is 3.04. The van der Waals surface area contributed by atoms with Gasteiger partial charge in [-0.3, -0.25) is 0 Å². The molecule has 2 nitrogen and oxygen atoms in total. The van der Waals surface area contributed by atoms with Gasteiger partial charge in [-0.1, -0.05) is 32.3 Å². The topological polar surface area (TPSA) is 35.8 Å². The quantitative estimate of drug-likeness (QED) is 0.860. The van der Waals surface area contributed by atoms with E-state index in [0.29, 0.717) is 6.04 Å². The van der Waals surface area contributed by atoms with E-state index in [9.17, 15) is 0 Å². The van der Waals surface area contributed by atoms with Crippen LogP contribution in [0.15, 0.2) is 18.2 Å². The third-order valence-electron chi connectivity index (χ3n) is 4.02. The van der Waals surface area contributed by atoms with E-state index in [1.807, 2.05) is 12.1 Å². The van der Waals surface area contributed by atoms with Gasteiger partial charge >= 0.3 is 0 Å². The lowest BCUT2D eigenvalue weighted by molar-refractivity contribution is 0.327. The zero-order valence-electron chi connectivity index (χ0n) is 11.4. The number of nitrogens with one attached hydrogen (secondary N) is 1. The Balaban J connectivity index is 2.09. The van der Waals surface area contributed by atoms with Crippen LogP contribution in [0.25, 0.3) is 0 Å². The van der Waals surface area contributed by atoms with E-state index in [2.05, 4.69) is 31.3 Å². The molecule has 2 unspecified atom stereocenters. The highest BCUT2D eigenvalue weighted by Crippen LogP contribution is 2.29. The summed E-state index contributed by atoms with van der Waals surface area (Å²) in [7, 11) is 0. The molecule has 0 aromatic heterocycles. The zero-order chi connectivity index (χ0) is 13.0. The first kappa shape index (κ1) is 13.0. The predicted molar refractivity (Wildman–Crippen MR) is 75.6 cm³/mol. The molecule has 2 heteroatoms. The maximum absolute atomic E-state index is 9.15. The Morgan fingerprint density at radius 2 is 2.22 bits per heavy atom. The molecular formula is C16H22N2. The Labute approximate surface area is 110 Å². The highest BCUT2D eigenvalue weighted by Gasteiger charge is 2.21. The van der Waals surface area contributed by atoms with Gasteiger partial charge in [0.2, 0.25) is 0 Å². The fraction of sp³-hybridized carbons (Fsp3) is 0.562. The third-order valence-corrected chi connectivity index (χ3v) is 4.02. The monoisotopic (exact) mass is 242 g/mol. The maximum Gasteiger partial charge on any atom is 0.101 e. The van der Waals surface area contributed by atoms with Crippen LogP contribution in [0.1, 0.15) is 50.2 Å². The number of aryl methyl sites for hydroxylation is 1. The molecule has 0 spiro atoms. The molecule has 18 heavy (non-hydrogen) atoms. The zero-order valence-corrected chi connectivity index (χ0v) is 11.4.